The molecule has 1 aliphatic carbocycles. The summed E-state index contributed by atoms with van der Waals surface area (Å²) in [4.78, 5) is 4.83. The van der Waals surface area contributed by atoms with Gasteiger partial charge in [0.15, 0.2) is 5.96 Å². The number of aliphatic hydroxyl groups is 1. The van der Waals surface area contributed by atoms with Crippen molar-refractivity contribution in [2.45, 2.75) is 71.6 Å². The number of hydrogen-bond donors (Lipinski definition) is 3. The van der Waals surface area contributed by atoms with Crippen molar-refractivity contribution < 1.29 is 9.84 Å². The average molecular weight is 495 g/mol. The predicted molar refractivity (Wildman–Crippen MR) is 124 cm³/mol. The first-order chi connectivity index (χ1) is 12.7. The molecule has 27 heavy (non-hydrogen) atoms. The van der Waals surface area contributed by atoms with Gasteiger partial charge in [-0.15, -0.1) is 24.0 Å². The van der Waals surface area contributed by atoms with Crippen LogP contribution in [0.1, 0.15) is 71.6 Å². The van der Waals surface area contributed by atoms with E-state index in [2.05, 4.69) is 24.5 Å². The maximum absolute atomic E-state index is 9.37. The molecular formula is C21H42IN3O2. The van der Waals surface area contributed by atoms with E-state index >= 15 is 0 Å². The van der Waals surface area contributed by atoms with Gasteiger partial charge in [-0.2, -0.15) is 0 Å². The van der Waals surface area contributed by atoms with Crippen LogP contribution in [0.4, 0.5) is 0 Å². The molecule has 1 saturated carbocycles. The second-order valence-electron chi connectivity index (χ2n) is 8.38. The van der Waals surface area contributed by atoms with Crippen molar-refractivity contribution >= 4 is 29.9 Å². The van der Waals surface area contributed by atoms with E-state index in [0.29, 0.717) is 0 Å². The molecule has 0 aromatic heterocycles. The van der Waals surface area contributed by atoms with Gasteiger partial charge in [-0.1, -0.05) is 39.0 Å². The number of nitrogens with one attached hydrogen (secondary N) is 2. The minimum absolute atomic E-state index is 0. The van der Waals surface area contributed by atoms with Crippen LogP contribution in [0.5, 0.6) is 0 Å². The highest BCUT2D eigenvalue weighted by molar-refractivity contribution is 14.0. The van der Waals surface area contributed by atoms with Crippen LogP contribution >= 0.6 is 24.0 Å². The van der Waals surface area contributed by atoms with Crippen LogP contribution in [-0.2, 0) is 4.74 Å². The Kier molecular flexibility index (Phi) is 12.9. The molecule has 1 heterocycles. The molecule has 2 rings (SSSR count). The van der Waals surface area contributed by atoms with E-state index in [1.165, 1.54) is 44.9 Å². The molecule has 0 amide bonds. The monoisotopic (exact) mass is 495 g/mol. The van der Waals surface area contributed by atoms with Gasteiger partial charge in [0, 0.05) is 31.7 Å². The van der Waals surface area contributed by atoms with Gasteiger partial charge in [-0.3, -0.25) is 4.99 Å². The lowest BCUT2D eigenvalue weighted by atomic mass is 9.80. The highest BCUT2D eigenvalue weighted by Crippen LogP contribution is 2.33. The Morgan fingerprint density at radius 3 is 2.48 bits per heavy atom. The number of guanidine groups is 1. The van der Waals surface area contributed by atoms with Crippen molar-refractivity contribution in [3.63, 3.8) is 0 Å². The molecular weight excluding hydrogens is 453 g/mol. The summed E-state index contributed by atoms with van der Waals surface area (Å²) < 4.78 is 5.58. The van der Waals surface area contributed by atoms with Crippen molar-refractivity contribution in [3.05, 3.63) is 0 Å². The predicted octanol–water partition coefficient (Wildman–Crippen LogP) is 3.95. The number of aliphatic imine (C=N–C) groups is 1. The molecule has 0 spiro atoms. The number of halogens is 1. The third kappa shape index (κ3) is 8.86. The normalized spacial score (nSPS) is 28.6. The van der Waals surface area contributed by atoms with Gasteiger partial charge < -0.3 is 20.5 Å². The molecule has 1 saturated heterocycles. The Morgan fingerprint density at radius 1 is 1.15 bits per heavy atom. The molecule has 2 aliphatic rings. The minimum atomic E-state index is 0. The maximum atomic E-state index is 9.37. The highest BCUT2D eigenvalue weighted by atomic mass is 127. The quantitative estimate of drug-likeness (QED) is 0.244. The Balaban J connectivity index is 0.00000364. The topological polar surface area (TPSA) is 65.9 Å². The van der Waals surface area contributed by atoms with Crippen LogP contribution in [0.15, 0.2) is 4.99 Å². The maximum Gasteiger partial charge on any atom is 0.191 e. The Morgan fingerprint density at radius 2 is 1.89 bits per heavy atom. The van der Waals surface area contributed by atoms with Crippen molar-refractivity contribution in [2.24, 2.45) is 22.2 Å². The molecule has 1 aliphatic heterocycles. The van der Waals surface area contributed by atoms with E-state index in [0.717, 1.165) is 63.5 Å². The third-order valence-corrected chi connectivity index (χ3v) is 6.23. The standard InChI is InChI=1S/C21H41N3O2.HI/c1-3-5-6-18-7-9-19(10-8-18)15-23-20(22-4-2)24-16-21(11-13-25)12-14-26-17-21;/h18-19,25H,3-17H2,1-2H3,(H2,22,23,24);1H. The molecule has 0 radical (unpaired) electrons. The summed E-state index contributed by atoms with van der Waals surface area (Å²) in [5.74, 6) is 2.66. The second kappa shape index (κ2) is 14.0. The molecule has 0 aromatic carbocycles. The summed E-state index contributed by atoms with van der Waals surface area (Å²) in [6, 6.07) is 0. The molecule has 5 nitrogen and oxygen atoms in total. The first-order valence-electron chi connectivity index (χ1n) is 10.9. The molecule has 1 unspecified atom stereocenters. The zero-order chi connectivity index (χ0) is 18.7. The Hall–Kier alpha value is -0.0800. The molecule has 160 valence electrons. The largest absolute Gasteiger partial charge is 0.396 e. The summed E-state index contributed by atoms with van der Waals surface area (Å²) in [7, 11) is 0. The van der Waals surface area contributed by atoms with Gasteiger partial charge >= 0.3 is 0 Å². The van der Waals surface area contributed by atoms with Gasteiger partial charge in [0.2, 0.25) is 0 Å². The molecule has 0 aromatic rings. The fraction of sp³-hybridized carbons (Fsp3) is 0.952. The summed E-state index contributed by atoms with van der Waals surface area (Å²) >= 11 is 0. The lowest BCUT2D eigenvalue weighted by Crippen LogP contribution is -2.41. The molecule has 1 atom stereocenters. The first kappa shape index (κ1) is 25.0. The lowest BCUT2D eigenvalue weighted by molar-refractivity contribution is 0.131. The van der Waals surface area contributed by atoms with E-state index in [1.807, 2.05) is 0 Å². The van der Waals surface area contributed by atoms with Gasteiger partial charge in [-0.25, -0.2) is 0 Å². The van der Waals surface area contributed by atoms with Crippen LogP contribution in [0.25, 0.3) is 0 Å². The number of aliphatic hydroxyl groups excluding tert-OH is 1. The van der Waals surface area contributed by atoms with E-state index in [9.17, 15) is 5.11 Å². The van der Waals surface area contributed by atoms with Crippen LogP contribution in [-0.4, -0.2) is 50.5 Å². The van der Waals surface area contributed by atoms with E-state index in [1.54, 1.807) is 0 Å². The van der Waals surface area contributed by atoms with Crippen LogP contribution < -0.4 is 10.6 Å². The molecule has 2 fully saturated rings. The number of hydrogen-bond acceptors (Lipinski definition) is 3. The smallest absolute Gasteiger partial charge is 0.191 e. The summed E-state index contributed by atoms with van der Waals surface area (Å²) in [5, 5.41) is 16.3. The molecule has 3 N–H and O–H groups in total. The van der Waals surface area contributed by atoms with E-state index < -0.39 is 0 Å². The molecule has 6 heteroatoms. The van der Waals surface area contributed by atoms with Crippen molar-refractivity contribution in [1.82, 2.24) is 10.6 Å². The summed E-state index contributed by atoms with van der Waals surface area (Å²) in [6.45, 7) is 8.75. The van der Waals surface area contributed by atoms with Crippen molar-refractivity contribution in [2.75, 3.05) is 39.5 Å². The van der Waals surface area contributed by atoms with Gasteiger partial charge in [0.25, 0.3) is 0 Å². The minimum Gasteiger partial charge on any atom is -0.396 e. The van der Waals surface area contributed by atoms with E-state index in [4.69, 9.17) is 9.73 Å². The second-order valence-corrected chi connectivity index (χ2v) is 8.38. The lowest BCUT2D eigenvalue weighted by Gasteiger charge is -2.29. The Bertz CT molecular complexity index is 406. The van der Waals surface area contributed by atoms with Crippen LogP contribution in [0.2, 0.25) is 0 Å². The molecule has 0 bridgehead atoms. The average Bonchev–Trinajstić information content (AvgIpc) is 3.12. The summed E-state index contributed by atoms with van der Waals surface area (Å²) in [6.07, 6.45) is 11.4. The van der Waals surface area contributed by atoms with Crippen molar-refractivity contribution in [1.29, 1.82) is 0 Å². The first-order valence-corrected chi connectivity index (χ1v) is 10.9. The number of rotatable bonds is 10. The van der Waals surface area contributed by atoms with Gasteiger partial charge in [-0.05, 0) is 44.4 Å². The van der Waals surface area contributed by atoms with Gasteiger partial charge in [0.05, 0.1) is 13.2 Å². The van der Waals surface area contributed by atoms with E-state index in [-0.39, 0.29) is 36.0 Å². The highest BCUT2D eigenvalue weighted by Gasteiger charge is 2.34. The van der Waals surface area contributed by atoms with Crippen LogP contribution in [0.3, 0.4) is 0 Å². The SMILES string of the molecule is CCCCC1CCC(CNC(=NCC2(CCO)CCOC2)NCC)CC1.I. The van der Waals surface area contributed by atoms with Crippen molar-refractivity contribution in [3.8, 4) is 0 Å². The number of ether oxygens (including phenoxy) is 1. The summed E-state index contributed by atoms with van der Waals surface area (Å²) in [5.41, 5.74) is 0.0223. The van der Waals surface area contributed by atoms with Gasteiger partial charge in [0.1, 0.15) is 0 Å². The fourth-order valence-electron chi connectivity index (χ4n) is 4.33. The third-order valence-electron chi connectivity index (χ3n) is 6.23. The van der Waals surface area contributed by atoms with Crippen LogP contribution in [0, 0.1) is 17.3 Å². The number of unbranched alkanes of at least 4 members (excludes halogenated alkanes) is 1. The Labute approximate surface area is 183 Å². The number of nitrogens with zero attached hydrogens (tertiary/aromatic N) is 1. The zero-order valence-electron chi connectivity index (χ0n) is 17.5. The zero-order valence-corrected chi connectivity index (χ0v) is 19.8. The fourth-order valence-corrected chi connectivity index (χ4v) is 4.33.